The molecule has 0 radical (unpaired) electrons. The second-order valence-electron chi connectivity index (χ2n) is 4.33. The summed E-state index contributed by atoms with van der Waals surface area (Å²) in [6, 6.07) is 12.1. The van der Waals surface area contributed by atoms with Gasteiger partial charge in [-0.25, -0.2) is 9.18 Å². The first-order valence-electron chi connectivity index (χ1n) is 6.55. The number of ether oxygens (including phenoxy) is 1. The van der Waals surface area contributed by atoms with Gasteiger partial charge >= 0.3 is 5.97 Å². The lowest BCUT2D eigenvalue weighted by molar-refractivity contribution is -0.144. The smallest absolute Gasteiger partial charge is 0.333 e. The summed E-state index contributed by atoms with van der Waals surface area (Å²) in [4.78, 5) is 12.1. The van der Waals surface area contributed by atoms with Gasteiger partial charge in [0.1, 0.15) is 5.82 Å². The molecule has 0 aliphatic heterocycles. The molecule has 3 nitrogen and oxygen atoms in total. The molecule has 1 N–H and O–H groups in total. The number of carbonyl (C=O) groups excluding carboxylic acids is 1. The fraction of sp³-hybridized carbons (Fsp3) is 0.188. The molecule has 110 valence electrons. The lowest BCUT2D eigenvalue weighted by Gasteiger charge is -2.20. The van der Waals surface area contributed by atoms with E-state index in [9.17, 15) is 9.18 Å². The molecule has 1 atom stereocenters. The Balaban J connectivity index is 2.36. The molecule has 0 bridgehead atoms. The third kappa shape index (κ3) is 3.73. The Labute approximate surface area is 127 Å². The van der Waals surface area contributed by atoms with E-state index in [4.69, 9.17) is 16.3 Å². The maximum absolute atomic E-state index is 14.0. The molecular formula is C16H15ClFNO2. The highest BCUT2D eigenvalue weighted by molar-refractivity contribution is 6.33. The third-order valence-corrected chi connectivity index (χ3v) is 3.24. The van der Waals surface area contributed by atoms with Gasteiger partial charge in [0.25, 0.3) is 0 Å². The van der Waals surface area contributed by atoms with Gasteiger partial charge in [-0.2, -0.15) is 0 Å². The highest BCUT2D eigenvalue weighted by atomic mass is 35.5. The summed E-state index contributed by atoms with van der Waals surface area (Å²) in [5, 5.41) is 3.39. The number of nitrogens with one attached hydrogen (secondary N) is 1. The van der Waals surface area contributed by atoms with Crippen molar-refractivity contribution in [2.75, 3.05) is 11.9 Å². The summed E-state index contributed by atoms with van der Waals surface area (Å²) < 4.78 is 19.0. The number of rotatable bonds is 5. The molecule has 0 aromatic heterocycles. The predicted octanol–water partition coefficient (Wildman–Crippen LogP) is 4.20. The maximum Gasteiger partial charge on any atom is 0.333 e. The number of benzene rings is 2. The summed E-state index contributed by atoms with van der Waals surface area (Å²) in [5.41, 5.74) is 0.761. The van der Waals surface area contributed by atoms with E-state index in [-0.39, 0.29) is 12.2 Å². The van der Waals surface area contributed by atoms with Crippen molar-refractivity contribution in [3.63, 3.8) is 0 Å². The van der Waals surface area contributed by atoms with E-state index in [0.29, 0.717) is 10.7 Å². The number of hydrogen-bond acceptors (Lipinski definition) is 3. The normalized spacial score (nSPS) is 11.8. The lowest BCUT2D eigenvalue weighted by Crippen LogP contribution is -2.24. The lowest BCUT2D eigenvalue weighted by atomic mass is 10.1. The predicted molar refractivity (Wildman–Crippen MR) is 80.8 cm³/mol. The minimum absolute atomic E-state index is 0.216. The van der Waals surface area contributed by atoms with Gasteiger partial charge in [0.05, 0.1) is 17.3 Å². The van der Waals surface area contributed by atoms with Crippen LogP contribution in [0.15, 0.2) is 48.5 Å². The molecule has 1 unspecified atom stereocenters. The van der Waals surface area contributed by atoms with Crippen LogP contribution in [0.2, 0.25) is 5.02 Å². The van der Waals surface area contributed by atoms with Gasteiger partial charge in [0.2, 0.25) is 0 Å². The molecule has 0 saturated heterocycles. The van der Waals surface area contributed by atoms with Crippen LogP contribution in [0.25, 0.3) is 0 Å². The van der Waals surface area contributed by atoms with Crippen molar-refractivity contribution in [3.05, 3.63) is 64.9 Å². The minimum atomic E-state index is -0.953. The van der Waals surface area contributed by atoms with Gasteiger partial charge in [-0.15, -0.1) is 0 Å². The van der Waals surface area contributed by atoms with Gasteiger partial charge in [0.15, 0.2) is 6.04 Å². The van der Waals surface area contributed by atoms with Crippen molar-refractivity contribution in [1.82, 2.24) is 0 Å². The molecule has 5 heteroatoms. The zero-order valence-corrected chi connectivity index (χ0v) is 12.2. The summed E-state index contributed by atoms with van der Waals surface area (Å²) in [7, 11) is 0. The first kappa shape index (κ1) is 15.3. The molecule has 2 rings (SSSR count). The molecule has 0 aliphatic carbocycles. The van der Waals surface area contributed by atoms with Crippen molar-refractivity contribution in [2.24, 2.45) is 0 Å². The molecular weight excluding hydrogens is 293 g/mol. The van der Waals surface area contributed by atoms with Crippen molar-refractivity contribution >= 4 is 23.3 Å². The third-order valence-electron chi connectivity index (χ3n) is 2.91. The van der Waals surface area contributed by atoms with Crippen molar-refractivity contribution in [1.29, 1.82) is 0 Å². The van der Waals surface area contributed by atoms with Crippen LogP contribution >= 0.6 is 11.6 Å². The Kier molecular flexibility index (Phi) is 5.17. The van der Waals surface area contributed by atoms with Gasteiger partial charge < -0.3 is 10.1 Å². The van der Waals surface area contributed by atoms with E-state index in [1.165, 1.54) is 6.07 Å². The van der Waals surface area contributed by atoms with Crippen molar-refractivity contribution < 1.29 is 13.9 Å². The van der Waals surface area contributed by atoms with E-state index in [1.54, 1.807) is 49.4 Å². The largest absolute Gasteiger partial charge is 0.464 e. The number of para-hydroxylation sites is 1. The van der Waals surface area contributed by atoms with Crippen LogP contribution in [0.1, 0.15) is 18.5 Å². The topological polar surface area (TPSA) is 38.3 Å². The number of halogens is 2. The average molecular weight is 308 g/mol. The molecule has 0 saturated carbocycles. The van der Waals surface area contributed by atoms with Gasteiger partial charge in [0, 0.05) is 5.56 Å². The van der Waals surface area contributed by atoms with E-state index in [0.717, 1.165) is 0 Å². The molecule has 2 aromatic carbocycles. The molecule has 0 aliphatic rings. The average Bonchev–Trinajstić information content (AvgIpc) is 2.48. The second kappa shape index (κ2) is 7.09. The van der Waals surface area contributed by atoms with Crippen LogP contribution in [-0.4, -0.2) is 12.6 Å². The molecule has 0 spiro atoms. The Morgan fingerprint density at radius 3 is 2.57 bits per heavy atom. The van der Waals surface area contributed by atoms with Crippen LogP contribution in [0, 0.1) is 5.82 Å². The van der Waals surface area contributed by atoms with Gasteiger partial charge in [-0.05, 0) is 25.1 Å². The Morgan fingerprint density at radius 1 is 1.24 bits per heavy atom. The summed E-state index contributed by atoms with van der Waals surface area (Å²) >= 11 is 6.07. The SMILES string of the molecule is CCOC(=O)C(Nc1ccccc1Cl)c1ccccc1F. The number of esters is 1. The van der Waals surface area contributed by atoms with Crippen LogP contribution in [0.3, 0.4) is 0 Å². The van der Waals surface area contributed by atoms with E-state index < -0.39 is 17.8 Å². The highest BCUT2D eigenvalue weighted by Gasteiger charge is 2.25. The zero-order valence-electron chi connectivity index (χ0n) is 11.5. The zero-order chi connectivity index (χ0) is 15.2. The number of carbonyl (C=O) groups is 1. The molecule has 2 aromatic rings. The second-order valence-corrected chi connectivity index (χ2v) is 4.74. The van der Waals surface area contributed by atoms with Crippen LogP contribution in [-0.2, 0) is 9.53 Å². The number of anilines is 1. The molecule has 0 fully saturated rings. The van der Waals surface area contributed by atoms with Crippen LogP contribution < -0.4 is 5.32 Å². The standard InChI is InChI=1S/C16H15ClFNO2/c1-2-21-16(20)15(11-7-3-5-9-13(11)18)19-14-10-6-4-8-12(14)17/h3-10,15,19H,2H2,1H3. The van der Waals surface area contributed by atoms with Gasteiger partial charge in [-0.3, -0.25) is 0 Å². The maximum atomic E-state index is 14.0. The van der Waals surface area contributed by atoms with Crippen LogP contribution in [0.5, 0.6) is 0 Å². The summed E-state index contributed by atoms with van der Waals surface area (Å²) in [6.07, 6.45) is 0. The first-order valence-corrected chi connectivity index (χ1v) is 6.93. The first-order chi connectivity index (χ1) is 10.1. The van der Waals surface area contributed by atoms with Crippen molar-refractivity contribution in [3.8, 4) is 0 Å². The minimum Gasteiger partial charge on any atom is -0.464 e. The van der Waals surface area contributed by atoms with Crippen molar-refractivity contribution in [2.45, 2.75) is 13.0 Å². The quantitative estimate of drug-likeness (QED) is 0.842. The Bertz CT molecular complexity index is 633. The molecule has 21 heavy (non-hydrogen) atoms. The molecule has 0 heterocycles. The van der Waals surface area contributed by atoms with Crippen LogP contribution in [0.4, 0.5) is 10.1 Å². The number of hydrogen-bond donors (Lipinski definition) is 1. The Morgan fingerprint density at radius 2 is 1.90 bits per heavy atom. The fourth-order valence-corrected chi connectivity index (χ4v) is 2.12. The van der Waals surface area contributed by atoms with E-state index >= 15 is 0 Å². The summed E-state index contributed by atoms with van der Waals surface area (Å²) in [6.45, 7) is 1.92. The monoisotopic (exact) mass is 307 g/mol. The molecule has 0 amide bonds. The van der Waals surface area contributed by atoms with E-state index in [1.807, 2.05) is 0 Å². The Hall–Kier alpha value is -2.07. The van der Waals surface area contributed by atoms with E-state index in [2.05, 4.69) is 5.32 Å². The fourth-order valence-electron chi connectivity index (χ4n) is 1.93. The van der Waals surface area contributed by atoms with Gasteiger partial charge in [-0.1, -0.05) is 41.9 Å². The highest BCUT2D eigenvalue weighted by Crippen LogP contribution is 2.28. The summed E-state index contributed by atoms with van der Waals surface area (Å²) in [5.74, 6) is -1.03.